The van der Waals surface area contributed by atoms with Gasteiger partial charge in [0.1, 0.15) is 11.1 Å². The first kappa shape index (κ1) is 18.8. The van der Waals surface area contributed by atoms with E-state index in [1.165, 1.54) is 0 Å². The number of aromatic nitrogens is 3. The molecule has 0 aliphatic carbocycles. The predicted molar refractivity (Wildman–Crippen MR) is 125 cm³/mol. The van der Waals surface area contributed by atoms with Crippen molar-refractivity contribution in [2.75, 3.05) is 0 Å². The van der Waals surface area contributed by atoms with E-state index >= 15 is 0 Å². The minimum Gasteiger partial charge on any atom is -0.225 e. The first-order valence-corrected chi connectivity index (χ1v) is 10.7. The summed E-state index contributed by atoms with van der Waals surface area (Å²) in [6, 6.07) is 35.8. The zero-order valence-corrected chi connectivity index (χ0v) is 18.1. The number of halogens is 1. The van der Waals surface area contributed by atoms with Gasteiger partial charge in [0.05, 0.1) is 5.52 Å². The van der Waals surface area contributed by atoms with Gasteiger partial charge in [-0.05, 0) is 41.3 Å². The van der Waals surface area contributed by atoms with Crippen LogP contribution in [0.4, 0.5) is 0 Å². The van der Waals surface area contributed by atoms with Crippen LogP contribution in [0.2, 0.25) is 0 Å². The molecule has 5 aromatic rings. The summed E-state index contributed by atoms with van der Waals surface area (Å²) in [4.78, 5) is 0. The molecule has 1 aromatic heterocycles. The fourth-order valence-electron chi connectivity index (χ4n) is 4.30. The number of nitrogens with zero attached hydrogens (tertiary/aromatic N) is 3. The van der Waals surface area contributed by atoms with E-state index in [1.807, 2.05) is 18.2 Å². The first-order valence-electron chi connectivity index (χ1n) is 9.90. The molecule has 0 bridgehead atoms. The number of benzene rings is 4. The molecular formula is C26H20BrN3. The molecule has 3 nitrogen and oxygen atoms in total. The van der Waals surface area contributed by atoms with Crippen molar-refractivity contribution in [2.24, 2.45) is 0 Å². The largest absolute Gasteiger partial charge is 0.225 e. The fourth-order valence-corrected chi connectivity index (χ4v) is 4.86. The Morgan fingerprint density at radius 1 is 0.700 bits per heavy atom. The Bertz CT molecular complexity index is 1200. The number of hydrogen-bond donors (Lipinski definition) is 0. The molecule has 1 heterocycles. The van der Waals surface area contributed by atoms with Gasteiger partial charge in [0.15, 0.2) is 0 Å². The number of hydrogen-bond acceptors (Lipinski definition) is 2. The van der Waals surface area contributed by atoms with Crippen LogP contribution in [-0.4, -0.2) is 15.0 Å². The molecule has 4 aromatic carbocycles. The highest BCUT2D eigenvalue weighted by molar-refractivity contribution is 9.10. The molecule has 0 N–H and O–H groups in total. The van der Waals surface area contributed by atoms with Crippen LogP contribution in [0, 0.1) is 6.92 Å². The molecule has 30 heavy (non-hydrogen) atoms. The number of rotatable bonds is 4. The summed E-state index contributed by atoms with van der Waals surface area (Å²) in [5.41, 5.74) is 5.72. The average molecular weight is 454 g/mol. The maximum Gasteiger partial charge on any atom is 0.140 e. The normalized spacial score (nSPS) is 11.7. The monoisotopic (exact) mass is 453 g/mol. The second-order valence-electron chi connectivity index (χ2n) is 7.40. The molecule has 0 saturated heterocycles. The predicted octanol–water partition coefficient (Wildman–Crippen LogP) is 6.34. The molecule has 0 radical (unpaired) electrons. The van der Waals surface area contributed by atoms with Gasteiger partial charge >= 0.3 is 0 Å². The fraction of sp³-hybridized carbons (Fsp3) is 0.0769. The molecular weight excluding hydrogens is 434 g/mol. The summed E-state index contributed by atoms with van der Waals surface area (Å²) in [5.74, 6) is 0. The van der Waals surface area contributed by atoms with Crippen molar-refractivity contribution in [2.45, 2.75) is 12.5 Å². The van der Waals surface area contributed by atoms with Gasteiger partial charge in [-0.3, -0.25) is 0 Å². The Hall–Kier alpha value is -3.24. The van der Waals surface area contributed by atoms with Crippen molar-refractivity contribution in [1.29, 1.82) is 0 Å². The lowest BCUT2D eigenvalue weighted by Gasteiger charge is -2.36. The second-order valence-corrected chi connectivity index (χ2v) is 8.32. The minimum atomic E-state index is -0.661. The highest BCUT2D eigenvalue weighted by Gasteiger charge is 2.40. The van der Waals surface area contributed by atoms with Gasteiger partial charge in [-0.2, -0.15) is 0 Å². The Morgan fingerprint density at radius 3 is 1.63 bits per heavy atom. The Morgan fingerprint density at radius 2 is 1.17 bits per heavy atom. The number of aryl methyl sites for hydroxylation is 1. The van der Waals surface area contributed by atoms with E-state index in [4.69, 9.17) is 5.21 Å². The Balaban J connectivity index is 1.98. The zero-order chi connectivity index (χ0) is 20.6. The average Bonchev–Trinajstić information content (AvgIpc) is 3.21. The van der Waals surface area contributed by atoms with E-state index < -0.39 is 5.54 Å². The van der Waals surface area contributed by atoms with Crippen molar-refractivity contribution in [3.63, 3.8) is 0 Å². The molecule has 0 unspecified atom stereocenters. The standard InChI is InChI=1S/C26H20BrN3/c1-19-17-23(27)18-24-25(19)28-29-30(24)26(20-11-5-2-6-12-20,21-13-7-3-8-14-21)22-15-9-4-10-16-22/h2-18H,1H3. The molecule has 0 spiro atoms. The maximum atomic E-state index is 4.74. The third-order valence-corrected chi connectivity index (χ3v) is 6.06. The quantitative estimate of drug-likeness (QED) is 0.297. The van der Waals surface area contributed by atoms with Crippen LogP contribution < -0.4 is 0 Å². The Labute approximate surface area is 184 Å². The topological polar surface area (TPSA) is 30.7 Å². The van der Waals surface area contributed by atoms with E-state index in [9.17, 15) is 0 Å². The molecule has 4 heteroatoms. The summed E-state index contributed by atoms with van der Waals surface area (Å²) in [6.07, 6.45) is 0. The summed E-state index contributed by atoms with van der Waals surface area (Å²) in [6.45, 7) is 2.07. The van der Waals surface area contributed by atoms with Gasteiger partial charge in [0.25, 0.3) is 0 Å². The van der Waals surface area contributed by atoms with E-state index in [-0.39, 0.29) is 0 Å². The van der Waals surface area contributed by atoms with Crippen LogP contribution in [0.5, 0.6) is 0 Å². The zero-order valence-electron chi connectivity index (χ0n) is 16.5. The van der Waals surface area contributed by atoms with E-state index in [2.05, 4.69) is 118 Å². The summed E-state index contributed by atoms with van der Waals surface area (Å²) in [7, 11) is 0. The number of fused-ring (bicyclic) bond motifs is 1. The van der Waals surface area contributed by atoms with E-state index in [0.29, 0.717) is 0 Å². The van der Waals surface area contributed by atoms with Crippen LogP contribution in [0.1, 0.15) is 22.3 Å². The van der Waals surface area contributed by atoms with Crippen molar-refractivity contribution >= 4 is 27.0 Å². The van der Waals surface area contributed by atoms with Crippen LogP contribution in [0.25, 0.3) is 11.0 Å². The van der Waals surface area contributed by atoms with Gasteiger partial charge in [-0.15, -0.1) is 5.10 Å². The van der Waals surface area contributed by atoms with Crippen LogP contribution in [0.15, 0.2) is 108 Å². The van der Waals surface area contributed by atoms with Crippen LogP contribution >= 0.6 is 15.9 Å². The molecule has 146 valence electrons. The first-order chi connectivity index (χ1) is 14.7. The smallest absolute Gasteiger partial charge is 0.140 e. The maximum absolute atomic E-state index is 4.74. The minimum absolute atomic E-state index is 0.661. The lowest BCUT2D eigenvalue weighted by Crippen LogP contribution is -2.38. The van der Waals surface area contributed by atoms with Gasteiger partial charge in [-0.1, -0.05) is 112 Å². The molecule has 0 amide bonds. The molecule has 5 rings (SSSR count). The second kappa shape index (κ2) is 7.54. The lowest BCUT2D eigenvalue weighted by atomic mass is 9.77. The summed E-state index contributed by atoms with van der Waals surface area (Å²) in [5, 5.41) is 9.34. The molecule has 0 fully saturated rings. The molecule has 0 atom stereocenters. The third kappa shape index (κ3) is 2.87. The Kier molecular flexibility index (Phi) is 4.72. The van der Waals surface area contributed by atoms with Crippen LogP contribution in [-0.2, 0) is 5.54 Å². The van der Waals surface area contributed by atoms with Crippen LogP contribution in [0.3, 0.4) is 0 Å². The third-order valence-electron chi connectivity index (χ3n) is 5.60. The highest BCUT2D eigenvalue weighted by atomic mass is 79.9. The van der Waals surface area contributed by atoms with Gasteiger partial charge in [0, 0.05) is 4.47 Å². The summed E-state index contributed by atoms with van der Waals surface area (Å²) >= 11 is 3.67. The molecule has 0 aliphatic rings. The van der Waals surface area contributed by atoms with Gasteiger partial charge in [0.2, 0.25) is 0 Å². The van der Waals surface area contributed by atoms with Gasteiger partial charge in [-0.25, -0.2) is 4.68 Å². The highest BCUT2D eigenvalue weighted by Crippen LogP contribution is 2.42. The van der Waals surface area contributed by atoms with Gasteiger partial charge < -0.3 is 0 Å². The van der Waals surface area contributed by atoms with Crippen molar-refractivity contribution < 1.29 is 0 Å². The van der Waals surface area contributed by atoms with Crippen molar-refractivity contribution in [1.82, 2.24) is 15.0 Å². The van der Waals surface area contributed by atoms with E-state index in [1.54, 1.807) is 0 Å². The lowest BCUT2D eigenvalue weighted by molar-refractivity contribution is 0.460. The SMILES string of the molecule is Cc1cc(Br)cc2c1nnn2C(c1ccccc1)(c1ccccc1)c1ccccc1. The summed E-state index contributed by atoms with van der Waals surface area (Å²) < 4.78 is 3.08. The van der Waals surface area contributed by atoms with Crippen molar-refractivity contribution in [3.05, 3.63) is 130 Å². The molecule has 0 aliphatic heterocycles. The molecule has 0 saturated carbocycles. The van der Waals surface area contributed by atoms with E-state index in [0.717, 1.165) is 37.8 Å². The van der Waals surface area contributed by atoms with Crippen molar-refractivity contribution in [3.8, 4) is 0 Å².